The Balaban J connectivity index is 1.55. The molecule has 1 atom stereocenters. The molecule has 1 aliphatic rings. The first-order valence-electron chi connectivity index (χ1n) is 7.89. The zero-order chi connectivity index (χ0) is 14.5. The van der Waals surface area contributed by atoms with Crippen LogP contribution in [0.2, 0.25) is 0 Å². The summed E-state index contributed by atoms with van der Waals surface area (Å²) in [5.74, 6) is 1.07. The Bertz CT molecular complexity index is 579. The molecule has 110 valence electrons. The van der Waals surface area contributed by atoms with Gasteiger partial charge in [0, 0.05) is 12.5 Å². The summed E-state index contributed by atoms with van der Waals surface area (Å²) in [4.78, 5) is 0. The average molecular weight is 281 g/mol. The molecule has 0 radical (unpaired) electrons. The fourth-order valence-electron chi connectivity index (χ4n) is 2.97. The fourth-order valence-corrected chi connectivity index (χ4v) is 2.97. The lowest BCUT2D eigenvalue weighted by atomic mass is 10.0. The summed E-state index contributed by atoms with van der Waals surface area (Å²) >= 11 is 0. The van der Waals surface area contributed by atoms with Gasteiger partial charge in [-0.2, -0.15) is 0 Å². The van der Waals surface area contributed by atoms with Crippen molar-refractivity contribution in [2.75, 3.05) is 13.2 Å². The molecule has 3 rings (SSSR count). The number of nitrogens with one attached hydrogen (secondary N) is 1. The molecule has 2 aromatic rings. The second-order valence-electron chi connectivity index (χ2n) is 5.62. The van der Waals surface area contributed by atoms with E-state index in [0.717, 1.165) is 38.2 Å². The van der Waals surface area contributed by atoms with E-state index in [1.807, 2.05) is 0 Å². The Labute approximate surface area is 127 Å². The molecule has 0 bridgehead atoms. The van der Waals surface area contributed by atoms with Crippen LogP contribution in [0, 0.1) is 0 Å². The molecule has 0 saturated heterocycles. The molecule has 1 N–H and O–H groups in total. The van der Waals surface area contributed by atoms with Crippen molar-refractivity contribution >= 4 is 0 Å². The van der Waals surface area contributed by atoms with Crippen molar-refractivity contribution in [1.82, 2.24) is 5.32 Å². The lowest BCUT2D eigenvalue weighted by Gasteiger charge is -2.17. The van der Waals surface area contributed by atoms with Crippen molar-refractivity contribution in [3.63, 3.8) is 0 Å². The number of fused-ring (bicyclic) bond motifs is 1. The highest BCUT2D eigenvalue weighted by Crippen LogP contribution is 2.26. The summed E-state index contributed by atoms with van der Waals surface area (Å²) in [5, 5.41) is 3.67. The molecule has 0 aliphatic carbocycles. The van der Waals surface area contributed by atoms with Gasteiger partial charge in [-0.3, -0.25) is 0 Å². The van der Waals surface area contributed by atoms with Crippen molar-refractivity contribution in [2.45, 2.75) is 32.2 Å². The Kier molecular flexibility index (Phi) is 4.56. The standard InChI is InChI=1S/C19H23NO/c1-2-18(16-6-4-3-5-7-16)20-12-10-15-8-9-19-17(14-15)11-13-21-19/h3-9,14,18,20H,2,10-13H2,1H3. The second-order valence-corrected chi connectivity index (χ2v) is 5.62. The van der Waals surface area contributed by atoms with Crippen LogP contribution >= 0.6 is 0 Å². The highest BCUT2D eigenvalue weighted by molar-refractivity contribution is 5.39. The monoisotopic (exact) mass is 281 g/mol. The SMILES string of the molecule is CCC(NCCc1ccc2c(c1)CCO2)c1ccccc1. The number of benzene rings is 2. The molecule has 1 heterocycles. The molecule has 0 aromatic heterocycles. The van der Waals surface area contributed by atoms with Crippen LogP contribution < -0.4 is 10.1 Å². The quantitative estimate of drug-likeness (QED) is 0.867. The molecule has 0 fully saturated rings. The van der Waals surface area contributed by atoms with Crippen LogP contribution in [0.1, 0.15) is 36.1 Å². The van der Waals surface area contributed by atoms with Gasteiger partial charge in [0.05, 0.1) is 6.61 Å². The van der Waals surface area contributed by atoms with E-state index in [2.05, 4.69) is 60.8 Å². The van der Waals surface area contributed by atoms with Gasteiger partial charge in [-0.1, -0.05) is 49.4 Å². The predicted octanol–water partition coefficient (Wildman–Crippen LogP) is 3.90. The van der Waals surface area contributed by atoms with E-state index in [1.165, 1.54) is 16.7 Å². The minimum Gasteiger partial charge on any atom is -0.493 e. The van der Waals surface area contributed by atoms with Crippen molar-refractivity contribution in [2.24, 2.45) is 0 Å². The first-order chi connectivity index (χ1) is 10.4. The minimum atomic E-state index is 0.448. The number of hydrogen-bond acceptors (Lipinski definition) is 2. The first-order valence-corrected chi connectivity index (χ1v) is 7.89. The number of hydrogen-bond donors (Lipinski definition) is 1. The third kappa shape index (κ3) is 3.45. The molecule has 2 nitrogen and oxygen atoms in total. The van der Waals surface area contributed by atoms with Crippen molar-refractivity contribution in [3.8, 4) is 5.75 Å². The molecule has 0 spiro atoms. The summed E-state index contributed by atoms with van der Waals surface area (Å²) in [6.45, 7) is 4.08. The molecular weight excluding hydrogens is 258 g/mol. The Morgan fingerprint density at radius 2 is 2.00 bits per heavy atom. The molecule has 1 aliphatic heterocycles. The third-order valence-electron chi connectivity index (χ3n) is 4.17. The normalized spacial score (nSPS) is 14.5. The second kappa shape index (κ2) is 6.77. The average Bonchev–Trinajstić information content (AvgIpc) is 3.00. The first kappa shape index (κ1) is 14.2. The summed E-state index contributed by atoms with van der Waals surface area (Å²) in [5.41, 5.74) is 4.14. The van der Waals surface area contributed by atoms with Gasteiger partial charge in [0.15, 0.2) is 0 Å². The van der Waals surface area contributed by atoms with Crippen LogP contribution in [0.25, 0.3) is 0 Å². The number of rotatable bonds is 6. The molecule has 1 unspecified atom stereocenters. The van der Waals surface area contributed by atoms with E-state index in [0.29, 0.717) is 6.04 Å². The minimum absolute atomic E-state index is 0.448. The lowest BCUT2D eigenvalue weighted by Crippen LogP contribution is -2.23. The Morgan fingerprint density at radius 1 is 1.14 bits per heavy atom. The summed E-state index contributed by atoms with van der Waals surface area (Å²) in [6.07, 6.45) is 3.23. The van der Waals surface area contributed by atoms with Gasteiger partial charge in [0.1, 0.15) is 5.75 Å². The van der Waals surface area contributed by atoms with Gasteiger partial charge in [-0.05, 0) is 42.1 Å². The summed E-state index contributed by atoms with van der Waals surface area (Å²) in [7, 11) is 0. The molecule has 2 heteroatoms. The van der Waals surface area contributed by atoms with E-state index >= 15 is 0 Å². The lowest BCUT2D eigenvalue weighted by molar-refractivity contribution is 0.357. The van der Waals surface area contributed by atoms with Crippen LogP contribution in [-0.4, -0.2) is 13.2 Å². The Morgan fingerprint density at radius 3 is 2.81 bits per heavy atom. The molecule has 0 saturated carbocycles. The largest absolute Gasteiger partial charge is 0.493 e. The maximum absolute atomic E-state index is 5.56. The van der Waals surface area contributed by atoms with Crippen LogP contribution in [0.5, 0.6) is 5.75 Å². The summed E-state index contributed by atoms with van der Waals surface area (Å²) < 4.78 is 5.56. The van der Waals surface area contributed by atoms with Crippen LogP contribution in [0.4, 0.5) is 0 Å². The smallest absolute Gasteiger partial charge is 0.122 e. The zero-order valence-corrected chi connectivity index (χ0v) is 12.6. The summed E-state index contributed by atoms with van der Waals surface area (Å²) in [6, 6.07) is 17.8. The highest BCUT2D eigenvalue weighted by atomic mass is 16.5. The zero-order valence-electron chi connectivity index (χ0n) is 12.6. The van der Waals surface area contributed by atoms with Gasteiger partial charge in [0.2, 0.25) is 0 Å². The van der Waals surface area contributed by atoms with E-state index in [4.69, 9.17) is 4.74 Å². The van der Waals surface area contributed by atoms with E-state index in [9.17, 15) is 0 Å². The maximum atomic E-state index is 5.56. The molecule has 21 heavy (non-hydrogen) atoms. The van der Waals surface area contributed by atoms with Crippen LogP contribution in [0.15, 0.2) is 48.5 Å². The Hall–Kier alpha value is -1.80. The maximum Gasteiger partial charge on any atom is 0.122 e. The van der Waals surface area contributed by atoms with Gasteiger partial charge in [0.25, 0.3) is 0 Å². The highest BCUT2D eigenvalue weighted by Gasteiger charge is 2.12. The van der Waals surface area contributed by atoms with Gasteiger partial charge >= 0.3 is 0 Å². The topological polar surface area (TPSA) is 21.3 Å². The van der Waals surface area contributed by atoms with Gasteiger partial charge in [-0.15, -0.1) is 0 Å². The molecule has 0 amide bonds. The van der Waals surface area contributed by atoms with Crippen LogP contribution in [-0.2, 0) is 12.8 Å². The van der Waals surface area contributed by atoms with Crippen molar-refractivity contribution < 1.29 is 4.74 Å². The van der Waals surface area contributed by atoms with Crippen molar-refractivity contribution in [3.05, 3.63) is 65.2 Å². The molecular formula is C19H23NO. The van der Waals surface area contributed by atoms with Crippen LogP contribution in [0.3, 0.4) is 0 Å². The third-order valence-corrected chi connectivity index (χ3v) is 4.17. The van der Waals surface area contributed by atoms with Crippen molar-refractivity contribution in [1.29, 1.82) is 0 Å². The van der Waals surface area contributed by atoms with E-state index in [1.54, 1.807) is 0 Å². The van der Waals surface area contributed by atoms with E-state index < -0.39 is 0 Å². The predicted molar refractivity (Wildman–Crippen MR) is 86.8 cm³/mol. The fraction of sp³-hybridized carbons (Fsp3) is 0.368. The molecule has 2 aromatic carbocycles. The van der Waals surface area contributed by atoms with Gasteiger partial charge in [-0.25, -0.2) is 0 Å². The number of ether oxygens (including phenoxy) is 1. The van der Waals surface area contributed by atoms with Gasteiger partial charge < -0.3 is 10.1 Å². The van der Waals surface area contributed by atoms with E-state index in [-0.39, 0.29) is 0 Å².